The Balaban J connectivity index is 1.83. The third kappa shape index (κ3) is 4.44. The van der Waals surface area contributed by atoms with Crippen molar-refractivity contribution in [2.45, 2.75) is 50.6 Å². The second kappa shape index (κ2) is 8.61. The number of hydrogen-bond acceptors (Lipinski definition) is 4. The van der Waals surface area contributed by atoms with Crippen LogP contribution >= 0.6 is 0 Å². The summed E-state index contributed by atoms with van der Waals surface area (Å²) in [6.07, 6.45) is 2.70. The molecule has 2 atom stereocenters. The Bertz CT molecular complexity index is 867. The monoisotopic (exact) mass is 384 g/mol. The van der Waals surface area contributed by atoms with E-state index in [0.717, 1.165) is 22.1 Å². The van der Waals surface area contributed by atoms with E-state index in [4.69, 9.17) is 9.84 Å². The van der Waals surface area contributed by atoms with Crippen LogP contribution in [0.4, 0.5) is 0 Å². The van der Waals surface area contributed by atoms with Gasteiger partial charge in [-0.2, -0.15) is 0 Å². The number of methoxy groups -OCH3 is 1. The number of fused-ring (bicyclic) bond motifs is 1. The third-order valence-corrected chi connectivity index (χ3v) is 5.47. The lowest BCUT2D eigenvalue weighted by atomic mass is 9.83. The average Bonchev–Trinajstić information content (AvgIpc) is 3.07. The molecule has 6 nitrogen and oxygen atoms in total. The Kier molecular flexibility index (Phi) is 6.19. The molecule has 0 saturated carbocycles. The van der Waals surface area contributed by atoms with Gasteiger partial charge in [0.25, 0.3) is 0 Å². The number of carbonyl (C=O) groups is 2. The third-order valence-electron chi connectivity index (χ3n) is 5.47. The van der Waals surface area contributed by atoms with E-state index >= 15 is 0 Å². The Labute approximate surface area is 165 Å². The van der Waals surface area contributed by atoms with Crippen LogP contribution in [0.2, 0.25) is 0 Å². The Hall–Kier alpha value is -2.60. The minimum absolute atomic E-state index is 0.0296. The Morgan fingerprint density at radius 1 is 1.29 bits per heavy atom. The molecule has 150 valence electrons. The van der Waals surface area contributed by atoms with Crippen LogP contribution in [0.25, 0.3) is 10.8 Å². The molecule has 3 rings (SSSR count). The molecule has 28 heavy (non-hydrogen) atoms. The molecular weight excluding hydrogens is 356 g/mol. The molecule has 2 aromatic rings. The number of carbonyl (C=O) groups excluding carboxylic acids is 2. The number of aliphatic hydroxyl groups is 1. The fourth-order valence-electron chi connectivity index (χ4n) is 3.96. The van der Waals surface area contributed by atoms with Crippen molar-refractivity contribution in [2.24, 2.45) is 0 Å². The summed E-state index contributed by atoms with van der Waals surface area (Å²) in [5.41, 5.74) is 0.691. The van der Waals surface area contributed by atoms with Gasteiger partial charge in [-0.3, -0.25) is 9.59 Å². The van der Waals surface area contributed by atoms with E-state index in [1.165, 1.54) is 0 Å². The van der Waals surface area contributed by atoms with Crippen molar-refractivity contribution in [1.29, 1.82) is 0 Å². The van der Waals surface area contributed by atoms with Gasteiger partial charge in [-0.05, 0) is 43.2 Å². The van der Waals surface area contributed by atoms with Gasteiger partial charge >= 0.3 is 0 Å². The number of rotatable bonds is 8. The number of hydrogen-bond donors (Lipinski definition) is 3. The summed E-state index contributed by atoms with van der Waals surface area (Å²) in [7, 11) is 1.66. The minimum atomic E-state index is -0.436. The van der Waals surface area contributed by atoms with Gasteiger partial charge in [0.15, 0.2) is 0 Å². The van der Waals surface area contributed by atoms with E-state index in [0.29, 0.717) is 32.1 Å². The quantitative estimate of drug-likeness (QED) is 0.652. The molecule has 0 spiro atoms. The molecule has 1 heterocycles. The van der Waals surface area contributed by atoms with E-state index in [1.54, 1.807) is 14.0 Å². The minimum Gasteiger partial charge on any atom is -0.496 e. The fourth-order valence-corrected chi connectivity index (χ4v) is 3.96. The second-order valence-electron chi connectivity index (χ2n) is 7.63. The van der Waals surface area contributed by atoms with Crippen LogP contribution in [0.5, 0.6) is 5.75 Å². The van der Waals surface area contributed by atoms with Crippen LogP contribution in [0.15, 0.2) is 36.4 Å². The maximum atomic E-state index is 12.2. The molecule has 1 aliphatic heterocycles. The summed E-state index contributed by atoms with van der Waals surface area (Å²) in [4.78, 5) is 24.2. The molecule has 1 aliphatic rings. The predicted molar refractivity (Wildman–Crippen MR) is 108 cm³/mol. The highest BCUT2D eigenvalue weighted by Crippen LogP contribution is 2.34. The zero-order valence-electron chi connectivity index (χ0n) is 16.5. The highest BCUT2D eigenvalue weighted by Gasteiger charge is 2.38. The molecule has 1 saturated heterocycles. The van der Waals surface area contributed by atoms with Gasteiger partial charge in [-0.1, -0.05) is 30.3 Å². The summed E-state index contributed by atoms with van der Waals surface area (Å²) >= 11 is 0. The van der Waals surface area contributed by atoms with Gasteiger partial charge in [-0.15, -0.1) is 0 Å². The molecule has 0 radical (unpaired) electrons. The first-order valence-corrected chi connectivity index (χ1v) is 9.72. The number of amides is 2. The molecule has 0 unspecified atom stereocenters. The molecule has 0 bridgehead atoms. The smallest absolute Gasteiger partial charge is 0.220 e. The molecule has 6 heteroatoms. The number of nitrogens with one attached hydrogen (secondary N) is 2. The van der Waals surface area contributed by atoms with Crippen LogP contribution < -0.4 is 15.4 Å². The average molecular weight is 384 g/mol. The van der Waals surface area contributed by atoms with Crippen molar-refractivity contribution in [1.82, 2.24) is 10.6 Å². The molecule has 0 aromatic heterocycles. The lowest BCUT2D eigenvalue weighted by molar-refractivity contribution is -0.123. The van der Waals surface area contributed by atoms with Crippen LogP contribution in [0.1, 0.15) is 38.2 Å². The normalized spacial score (nSPS) is 20.0. The van der Waals surface area contributed by atoms with E-state index < -0.39 is 5.54 Å². The highest BCUT2D eigenvalue weighted by molar-refractivity contribution is 5.91. The molecule has 3 N–H and O–H groups in total. The summed E-state index contributed by atoms with van der Waals surface area (Å²) < 4.78 is 5.48. The topological polar surface area (TPSA) is 87.7 Å². The van der Waals surface area contributed by atoms with E-state index in [1.807, 2.05) is 30.3 Å². The summed E-state index contributed by atoms with van der Waals surface area (Å²) in [6.45, 7) is 1.67. The Morgan fingerprint density at radius 2 is 2.04 bits per heavy atom. The molecule has 2 aromatic carbocycles. The van der Waals surface area contributed by atoms with Crippen molar-refractivity contribution >= 4 is 22.6 Å². The second-order valence-corrected chi connectivity index (χ2v) is 7.63. The lowest BCUT2D eigenvalue weighted by Gasteiger charge is -2.30. The maximum Gasteiger partial charge on any atom is 0.220 e. The van der Waals surface area contributed by atoms with E-state index in [-0.39, 0.29) is 24.5 Å². The summed E-state index contributed by atoms with van der Waals surface area (Å²) in [6, 6.07) is 11.8. The first-order chi connectivity index (χ1) is 13.5. The molecule has 0 aliphatic carbocycles. The van der Waals surface area contributed by atoms with Gasteiger partial charge in [0.2, 0.25) is 11.8 Å². The van der Waals surface area contributed by atoms with E-state index in [2.05, 4.69) is 16.7 Å². The fraction of sp³-hybridized carbons (Fsp3) is 0.455. The van der Waals surface area contributed by atoms with Gasteiger partial charge < -0.3 is 20.5 Å². The zero-order chi connectivity index (χ0) is 20.1. The number of aliphatic hydroxyl groups excluding tert-OH is 1. The first kappa shape index (κ1) is 20.1. The van der Waals surface area contributed by atoms with Gasteiger partial charge in [-0.25, -0.2) is 0 Å². The van der Waals surface area contributed by atoms with Crippen molar-refractivity contribution < 1.29 is 19.4 Å². The molecule has 2 amide bonds. The Morgan fingerprint density at radius 3 is 2.68 bits per heavy atom. The van der Waals surface area contributed by atoms with Gasteiger partial charge in [0, 0.05) is 29.8 Å². The first-order valence-electron chi connectivity index (χ1n) is 9.72. The number of ether oxygens (including phenoxy) is 1. The zero-order valence-corrected chi connectivity index (χ0v) is 16.5. The maximum absolute atomic E-state index is 12.2. The van der Waals surface area contributed by atoms with Gasteiger partial charge in [0.05, 0.1) is 13.7 Å². The van der Waals surface area contributed by atoms with E-state index in [9.17, 15) is 9.59 Å². The SMILES string of the molecule is COc1ccc(C[C@@]2(CCC(=O)N[C@@H](C)CO)CCC(=O)N2)c2ccccc12. The highest BCUT2D eigenvalue weighted by atomic mass is 16.5. The van der Waals surface area contributed by atoms with Crippen LogP contribution in [-0.4, -0.2) is 42.2 Å². The lowest BCUT2D eigenvalue weighted by Crippen LogP contribution is -2.45. The predicted octanol–water partition coefficient (Wildman–Crippen LogP) is 2.32. The number of benzene rings is 2. The standard InChI is InChI=1S/C22H28N2O4/c1-15(14-25)23-20(26)9-11-22(12-10-21(27)24-22)13-16-7-8-19(28-2)18-6-4-3-5-17(16)18/h3-8,15,25H,9-14H2,1-2H3,(H,23,26)(H,24,27)/t15-,22+/m0/s1. The molecule has 1 fully saturated rings. The van der Waals surface area contributed by atoms with Gasteiger partial charge in [0.1, 0.15) is 5.75 Å². The summed E-state index contributed by atoms with van der Waals surface area (Å²) in [5, 5.41) is 17.1. The largest absolute Gasteiger partial charge is 0.496 e. The van der Waals surface area contributed by atoms with Crippen LogP contribution in [-0.2, 0) is 16.0 Å². The van der Waals surface area contributed by atoms with Crippen LogP contribution in [0.3, 0.4) is 0 Å². The van der Waals surface area contributed by atoms with Crippen molar-refractivity contribution in [3.05, 3.63) is 42.0 Å². The van der Waals surface area contributed by atoms with Crippen molar-refractivity contribution in [3.63, 3.8) is 0 Å². The summed E-state index contributed by atoms with van der Waals surface area (Å²) in [5.74, 6) is 0.741. The van der Waals surface area contributed by atoms with Crippen LogP contribution in [0, 0.1) is 0 Å². The molecular formula is C22H28N2O4. The van der Waals surface area contributed by atoms with Crippen molar-refractivity contribution in [3.8, 4) is 5.75 Å². The van der Waals surface area contributed by atoms with Crippen molar-refractivity contribution in [2.75, 3.05) is 13.7 Å².